The molecule has 2 aromatic rings. The first kappa shape index (κ1) is 13.2. The third kappa shape index (κ3) is 2.31. The summed E-state index contributed by atoms with van der Waals surface area (Å²) in [6, 6.07) is 6.61. The number of fused-ring (bicyclic) bond motifs is 1. The van der Waals surface area contributed by atoms with Gasteiger partial charge < -0.3 is 10.0 Å². The molecule has 106 valence electrons. The van der Waals surface area contributed by atoms with Crippen LogP contribution in [0.2, 0.25) is 0 Å². The minimum Gasteiger partial charge on any atom is -0.396 e. The molecule has 0 saturated carbocycles. The van der Waals surface area contributed by atoms with E-state index in [4.69, 9.17) is 0 Å². The van der Waals surface area contributed by atoms with E-state index >= 15 is 0 Å². The molecule has 0 amide bonds. The molecule has 0 radical (unpaired) electrons. The Hall–Kier alpha value is -1.81. The van der Waals surface area contributed by atoms with Crippen LogP contribution in [-0.4, -0.2) is 34.6 Å². The standard InChI is InChI=1S/C16H21N3O/c1-3-19-9-12(11-20)6-14-7-13(4-5-16(14)19)15-8-17-18(2)10-15/h4-5,7-8,10,12,20H,3,6,9,11H2,1-2H3. The Labute approximate surface area is 119 Å². The van der Waals surface area contributed by atoms with Crippen LogP contribution in [0.25, 0.3) is 11.1 Å². The second-order valence-corrected chi connectivity index (χ2v) is 5.54. The van der Waals surface area contributed by atoms with Gasteiger partial charge in [-0.05, 0) is 36.6 Å². The molecule has 1 aliphatic rings. The van der Waals surface area contributed by atoms with Crippen molar-refractivity contribution in [2.75, 3.05) is 24.6 Å². The highest BCUT2D eigenvalue weighted by Crippen LogP contribution is 2.33. The van der Waals surface area contributed by atoms with Crippen molar-refractivity contribution >= 4 is 5.69 Å². The van der Waals surface area contributed by atoms with Crippen LogP contribution in [0.4, 0.5) is 5.69 Å². The third-order valence-corrected chi connectivity index (χ3v) is 4.09. The lowest BCUT2D eigenvalue weighted by molar-refractivity contribution is 0.224. The summed E-state index contributed by atoms with van der Waals surface area (Å²) in [5, 5.41) is 13.7. The molecule has 1 unspecified atom stereocenters. The summed E-state index contributed by atoms with van der Waals surface area (Å²) in [5.74, 6) is 0.339. The summed E-state index contributed by atoms with van der Waals surface area (Å²) in [7, 11) is 1.93. The van der Waals surface area contributed by atoms with E-state index in [1.165, 1.54) is 16.8 Å². The fourth-order valence-electron chi connectivity index (χ4n) is 3.01. The summed E-state index contributed by atoms with van der Waals surface area (Å²) in [6.45, 7) is 4.35. The highest BCUT2D eigenvalue weighted by Gasteiger charge is 2.23. The summed E-state index contributed by atoms with van der Waals surface area (Å²) in [5.41, 5.74) is 4.99. The third-order valence-electron chi connectivity index (χ3n) is 4.09. The second-order valence-electron chi connectivity index (χ2n) is 5.54. The fraction of sp³-hybridized carbons (Fsp3) is 0.438. The number of rotatable bonds is 3. The minimum absolute atomic E-state index is 0.257. The largest absolute Gasteiger partial charge is 0.396 e. The van der Waals surface area contributed by atoms with Crippen LogP contribution in [-0.2, 0) is 13.5 Å². The number of hydrogen-bond donors (Lipinski definition) is 1. The number of anilines is 1. The van der Waals surface area contributed by atoms with Crippen molar-refractivity contribution in [3.63, 3.8) is 0 Å². The number of aryl methyl sites for hydroxylation is 1. The van der Waals surface area contributed by atoms with Gasteiger partial charge in [0.25, 0.3) is 0 Å². The molecule has 0 spiro atoms. The first-order valence-electron chi connectivity index (χ1n) is 7.19. The predicted molar refractivity (Wildman–Crippen MR) is 80.8 cm³/mol. The molecule has 1 N–H and O–H groups in total. The molecule has 1 aromatic carbocycles. The smallest absolute Gasteiger partial charge is 0.0568 e. The van der Waals surface area contributed by atoms with Crippen LogP contribution in [0.3, 0.4) is 0 Å². The lowest BCUT2D eigenvalue weighted by Gasteiger charge is -2.35. The maximum absolute atomic E-state index is 9.48. The Kier molecular flexibility index (Phi) is 3.49. The van der Waals surface area contributed by atoms with Gasteiger partial charge in [-0.25, -0.2) is 0 Å². The van der Waals surface area contributed by atoms with Gasteiger partial charge in [0.1, 0.15) is 0 Å². The van der Waals surface area contributed by atoms with Crippen molar-refractivity contribution in [1.29, 1.82) is 0 Å². The van der Waals surface area contributed by atoms with Gasteiger partial charge in [-0.3, -0.25) is 4.68 Å². The van der Waals surface area contributed by atoms with Crippen molar-refractivity contribution in [3.05, 3.63) is 36.2 Å². The number of nitrogens with zero attached hydrogens (tertiary/aromatic N) is 3. The monoisotopic (exact) mass is 271 g/mol. The van der Waals surface area contributed by atoms with Gasteiger partial charge in [0.2, 0.25) is 0 Å². The quantitative estimate of drug-likeness (QED) is 0.929. The van der Waals surface area contributed by atoms with Crippen molar-refractivity contribution in [3.8, 4) is 11.1 Å². The summed E-state index contributed by atoms with van der Waals surface area (Å²) in [4.78, 5) is 2.35. The zero-order valence-electron chi connectivity index (χ0n) is 12.1. The van der Waals surface area contributed by atoms with E-state index in [1.807, 2.05) is 24.1 Å². The molecule has 4 nitrogen and oxygen atoms in total. The second kappa shape index (κ2) is 5.29. The molecule has 0 bridgehead atoms. The topological polar surface area (TPSA) is 41.3 Å². The maximum atomic E-state index is 9.48. The number of hydrogen-bond acceptors (Lipinski definition) is 3. The van der Waals surface area contributed by atoms with Gasteiger partial charge in [0.15, 0.2) is 0 Å². The Morgan fingerprint density at radius 2 is 2.20 bits per heavy atom. The van der Waals surface area contributed by atoms with E-state index in [-0.39, 0.29) is 6.61 Å². The molecular weight excluding hydrogens is 250 g/mol. The normalized spacial score (nSPS) is 18.1. The summed E-state index contributed by atoms with van der Waals surface area (Å²) < 4.78 is 1.82. The van der Waals surface area contributed by atoms with E-state index in [2.05, 4.69) is 35.1 Å². The average Bonchev–Trinajstić information content (AvgIpc) is 2.92. The van der Waals surface area contributed by atoms with Gasteiger partial charge in [-0.1, -0.05) is 6.07 Å². The van der Waals surface area contributed by atoms with E-state index in [9.17, 15) is 5.11 Å². The summed E-state index contributed by atoms with van der Waals surface area (Å²) >= 11 is 0. The maximum Gasteiger partial charge on any atom is 0.0568 e. The Morgan fingerprint density at radius 1 is 1.35 bits per heavy atom. The van der Waals surface area contributed by atoms with Crippen LogP contribution in [0.5, 0.6) is 0 Å². The molecule has 1 atom stereocenters. The lowest BCUT2D eigenvalue weighted by Crippen LogP contribution is -2.36. The lowest BCUT2D eigenvalue weighted by atomic mass is 9.91. The number of aromatic nitrogens is 2. The molecule has 20 heavy (non-hydrogen) atoms. The van der Waals surface area contributed by atoms with Crippen LogP contribution < -0.4 is 4.90 Å². The van der Waals surface area contributed by atoms with Gasteiger partial charge in [-0.15, -0.1) is 0 Å². The zero-order valence-corrected chi connectivity index (χ0v) is 12.1. The fourth-order valence-corrected chi connectivity index (χ4v) is 3.01. The SMILES string of the molecule is CCN1CC(CO)Cc2cc(-c3cnn(C)c3)ccc21. The van der Waals surface area contributed by atoms with E-state index in [0.717, 1.165) is 25.1 Å². The van der Waals surface area contributed by atoms with Crippen molar-refractivity contribution in [2.45, 2.75) is 13.3 Å². The van der Waals surface area contributed by atoms with E-state index < -0.39 is 0 Å². The molecular formula is C16H21N3O. The van der Waals surface area contributed by atoms with Gasteiger partial charge in [0, 0.05) is 50.1 Å². The molecule has 1 aromatic heterocycles. The molecule has 2 heterocycles. The minimum atomic E-state index is 0.257. The number of aliphatic hydroxyl groups excluding tert-OH is 1. The Morgan fingerprint density at radius 3 is 2.85 bits per heavy atom. The zero-order chi connectivity index (χ0) is 14.1. The average molecular weight is 271 g/mol. The van der Waals surface area contributed by atoms with Crippen LogP contribution in [0.1, 0.15) is 12.5 Å². The molecule has 0 fully saturated rings. The van der Waals surface area contributed by atoms with Crippen LogP contribution in [0, 0.1) is 5.92 Å². The van der Waals surface area contributed by atoms with Crippen molar-refractivity contribution in [2.24, 2.45) is 13.0 Å². The Bertz CT molecular complexity index is 606. The van der Waals surface area contributed by atoms with Crippen molar-refractivity contribution < 1.29 is 5.11 Å². The van der Waals surface area contributed by atoms with E-state index in [1.54, 1.807) is 0 Å². The molecule has 1 aliphatic heterocycles. The number of benzene rings is 1. The molecule has 0 saturated heterocycles. The van der Waals surface area contributed by atoms with Crippen molar-refractivity contribution in [1.82, 2.24) is 9.78 Å². The Balaban J connectivity index is 1.99. The first-order chi connectivity index (χ1) is 9.71. The molecule has 4 heteroatoms. The first-order valence-corrected chi connectivity index (χ1v) is 7.19. The van der Waals surface area contributed by atoms with Gasteiger partial charge in [-0.2, -0.15) is 5.10 Å². The molecule has 3 rings (SSSR count). The highest BCUT2D eigenvalue weighted by molar-refractivity contribution is 5.69. The van der Waals surface area contributed by atoms with E-state index in [0.29, 0.717) is 5.92 Å². The van der Waals surface area contributed by atoms with Gasteiger partial charge >= 0.3 is 0 Å². The van der Waals surface area contributed by atoms with Crippen LogP contribution >= 0.6 is 0 Å². The highest BCUT2D eigenvalue weighted by atomic mass is 16.3. The van der Waals surface area contributed by atoms with Gasteiger partial charge in [0.05, 0.1) is 6.20 Å². The summed E-state index contributed by atoms with van der Waals surface area (Å²) in [6.07, 6.45) is 4.88. The molecule has 0 aliphatic carbocycles. The predicted octanol–water partition coefficient (Wildman–Crippen LogP) is 2.08. The van der Waals surface area contributed by atoms with Crippen LogP contribution in [0.15, 0.2) is 30.6 Å². The number of aliphatic hydroxyl groups is 1.